The van der Waals surface area contributed by atoms with E-state index < -0.39 is 6.09 Å². The van der Waals surface area contributed by atoms with Gasteiger partial charge in [0.25, 0.3) is 0 Å². The first-order valence-corrected chi connectivity index (χ1v) is 10.2. The zero-order valence-electron chi connectivity index (χ0n) is 16.8. The van der Waals surface area contributed by atoms with Crippen LogP contribution in [0.1, 0.15) is 45.1 Å². The molecule has 1 unspecified atom stereocenters. The number of benzene rings is 1. The van der Waals surface area contributed by atoms with Crippen LogP contribution in [-0.2, 0) is 16.1 Å². The molecule has 1 fully saturated rings. The quantitative estimate of drug-likeness (QED) is 0.701. The molecular weight excluding hydrogens is 352 g/mol. The minimum atomic E-state index is -0.391. The monoisotopic (exact) mass is 382 g/mol. The summed E-state index contributed by atoms with van der Waals surface area (Å²) < 4.78 is 5.43. The summed E-state index contributed by atoms with van der Waals surface area (Å²) in [4.78, 5) is 31.3. The van der Waals surface area contributed by atoms with Crippen molar-refractivity contribution in [2.75, 3.05) is 13.1 Å². The average molecular weight is 383 g/mol. The number of aliphatic imine (C=N–C) groups is 1. The number of likely N-dealkylation sites (tertiary alicyclic amines) is 1. The second kappa shape index (κ2) is 9.67. The first-order chi connectivity index (χ1) is 13.5. The Kier molecular flexibility index (Phi) is 7.01. The maximum absolute atomic E-state index is 12.8. The van der Waals surface area contributed by atoms with E-state index in [1.807, 2.05) is 36.5 Å². The fraction of sp³-hybridized carbons (Fsp3) is 0.522. The molecule has 1 aromatic rings. The van der Waals surface area contributed by atoms with Crippen LogP contribution < -0.4 is 0 Å². The van der Waals surface area contributed by atoms with Crippen molar-refractivity contribution in [1.82, 2.24) is 4.90 Å². The van der Waals surface area contributed by atoms with E-state index in [1.54, 1.807) is 4.90 Å². The van der Waals surface area contributed by atoms with Crippen molar-refractivity contribution < 1.29 is 14.3 Å². The minimum absolute atomic E-state index is 0.120. The molecule has 0 saturated carbocycles. The highest BCUT2D eigenvalue weighted by Gasteiger charge is 2.34. The molecule has 2 atom stereocenters. The van der Waals surface area contributed by atoms with Gasteiger partial charge in [-0.25, -0.2) is 4.79 Å². The zero-order chi connectivity index (χ0) is 19.9. The Hall–Kier alpha value is -2.43. The van der Waals surface area contributed by atoms with Crippen LogP contribution in [0.15, 0.2) is 47.0 Å². The third-order valence-corrected chi connectivity index (χ3v) is 5.58. The molecule has 1 saturated heterocycles. The van der Waals surface area contributed by atoms with Crippen molar-refractivity contribution in [2.45, 2.75) is 52.2 Å². The third kappa shape index (κ3) is 5.31. The van der Waals surface area contributed by atoms with E-state index in [1.165, 1.54) is 0 Å². The molecule has 150 valence electrons. The van der Waals surface area contributed by atoms with Crippen LogP contribution in [-0.4, -0.2) is 42.1 Å². The van der Waals surface area contributed by atoms with Crippen LogP contribution >= 0.6 is 0 Å². The van der Waals surface area contributed by atoms with Gasteiger partial charge in [-0.15, -0.1) is 0 Å². The third-order valence-electron chi connectivity index (χ3n) is 5.58. The first kappa shape index (κ1) is 20.3. The summed E-state index contributed by atoms with van der Waals surface area (Å²) in [5.74, 6) is 1.12. The van der Waals surface area contributed by atoms with Crippen LogP contribution in [0.2, 0.25) is 0 Å². The summed E-state index contributed by atoms with van der Waals surface area (Å²) in [5.41, 5.74) is 2.08. The van der Waals surface area contributed by atoms with Crippen molar-refractivity contribution in [3.05, 3.63) is 47.5 Å². The van der Waals surface area contributed by atoms with E-state index in [4.69, 9.17) is 4.74 Å². The predicted molar refractivity (Wildman–Crippen MR) is 110 cm³/mol. The molecule has 1 aromatic carbocycles. The van der Waals surface area contributed by atoms with Gasteiger partial charge in [0.15, 0.2) is 5.78 Å². The van der Waals surface area contributed by atoms with E-state index in [0.29, 0.717) is 31.2 Å². The molecule has 0 spiro atoms. The van der Waals surface area contributed by atoms with Gasteiger partial charge < -0.3 is 4.74 Å². The number of carbonyl (C=O) groups excluding carboxylic acids is 2. The number of ether oxygens (including phenoxy) is 1. The van der Waals surface area contributed by atoms with E-state index in [2.05, 4.69) is 24.9 Å². The average Bonchev–Trinajstić information content (AvgIpc) is 3.21. The van der Waals surface area contributed by atoms with Gasteiger partial charge in [0, 0.05) is 25.7 Å². The van der Waals surface area contributed by atoms with E-state index in [-0.39, 0.29) is 18.4 Å². The maximum Gasteiger partial charge on any atom is 0.410 e. The van der Waals surface area contributed by atoms with Gasteiger partial charge in [0.2, 0.25) is 0 Å². The van der Waals surface area contributed by atoms with Gasteiger partial charge in [-0.05, 0) is 42.2 Å². The van der Waals surface area contributed by atoms with E-state index in [9.17, 15) is 9.59 Å². The summed E-state index contributed by atoms with van der Waals surface area (Å²) in [6.45, 7) is 6.05. The van der Waals surface area contributed by atoms with Crippen LogP contribution in [0.25, 0.3) is 0 Å². The SMILES string of the molecule is CC(C)C1C=C(CCC(=O)[C@@H]2CCCN2C(=O)OCc2ccccc2)C=NC1. The number of ketones is 1. The second-order valence-corrected chi connectivity index (χ2v) is 8.00. The summed E-state index contributed by atoms with van der Waals surface area (Å²) in [6, 6.07) is 9.24. The number of rotatable bonds is 7. The van der Waals surface area contributed by atoms with Crippen molar-refractivity contribution in [3.8, 4) is 0 Å². The molecule has 0 aromatic heterocycles. The van der Waals surface area contributed by atoms with E-state index in [0.717, 1.165) is 30.5 Å². The Morgan fingerprint density at radius 1 is 1.25 bits per heavy atom. The highest BCUT2D eigenvalue weighted by atomic mass is 16.6. The van der Waals surface area contributed by atoms with Crippen LogP contribution in [0.4, 0.5) is 4.79 Å². The number of allylic oxidation sites excluding steroid dienone is 1. The van der Waals surface area contributed by atoms with Crippen molar-refractivity contribution >= 4 is 18.1 Å². The molecule has 0 bridgehead atoms. The fourth-order valence-electron chi connectivity index (χ4n) is 3.77. The first-order valence-electron chi connectivity index (χ1n) is 10.2. The number of amides is 1. The van der Waals surface area contributed by atoms with Gasteiger partial charge in [0.05, 0.1) is 6.04 Å². The number of nitrogens with zero attached hydrogens (tertiary/aromatic N) is 2. The molecule has 0 aliphatic carbocycles. The topological polar surface area (TPSA) is 59.0 Å². The number of Topliss-reactive ketones (excluding diaryl/α,β-unsaturated/α-hetero) is 1. The molecule has 5 heteroatoms. The highest BCUT2D eigenvalue weighted by Crippen LogP contribution is 2.24. The molecule has 5 nitrogen and oxygen atoms in total. The van der Waals surface area contributed by atoms with E-state index >= 15 is 0 Å². The number of carbonyl (C=O) groups is 2. The standard InChI is InChI=1S/C23H30N2O3/c1-17(2)20-13-19(14-24-15-20)10-11-22(26)21-9-6-12-25(21)23(27)28-16-18-7-4-3-5-8-18/h3-5,7-8,13-14,17,20-21H,6,9-12,15-16H2,1-2H3/t20?,21-/m0/s1. The Morgan fingerprint density at radius 2 is 2.04 bits per heavy atom. The predicted octanol–water partition coefficient (Wildman–Crippen LogP) is 4.42. The summed E-state index contributed by atoms with van der Waals surface area (Å²) >= 11 is 0. The zero-order valence-corrected chi connectivity index (χ0v) is 16.8. The highest BCUT2D eigenvalue weighted by molar-refractivity contribution is 5.89. The van der Waals surface area contributed by atoms with Crippen LogP contribution in [0.5, 0.6) is 0 Å². The number of hydrogen-bond donors (Lipinski definition) is 0. The van der Waals surface area contributed by atoms with Gasteiger partial charge >= 0.3 is 6.09 Å². The lowest BCUT2D eigenvalue weighted by Gasteiger charge is -2.23. The molecule has 2 aliphatic rings. The minimum Gasteiger partial charge on any atom is -0.445 e. The largest absolute Gasteiger partial charge is 0.445 e. The van der Waals surface area contributed by atoms with Gasteiger partial charge in [-0.3, -0.25) is 14.7 Å². The molecule has 2 aliphatic heterocycles. The van der Waals surface area contributed by atoms with Gasteiger partial charge in [0.1, 0.15) is 6.61 Å². The lowest BCUT2D eigenvalue weighted by atomic mass is 9.90. The summed E-state index contributed by atoms with van der Waals surface area (Å²) in [7, 11) is 0. The molecule has 0 N–H and O–H groups in total. The number of hydrogen-bond acceptors (Lipinski definition) is 4. The Bertz CT molecular complexity index is 739. The Morgan fingerprint density at radius 3 is 2.79 bits per heavy atom. The molecule has 3 rings (SSSR count). The lowest BCUT2D eigenvalue weighted by molar-refractivity contribution is -0.123. The lowest BCUT2D eigenvalue weighted by Crippen LogP contribution is -2.40. The summed E-state index contributed by atoms with van der Waals surface area (Å²) in [6.07, 6.45) is 6.46. The summed E-state index contributed by atoms with van der Waals surface area (Å²) in [5, 5.41) is 0. The van der Waals surface area contributed by atoms with Gasteiger partial charge in [-0.1, -0.05) is 50.3 Å². The van der Waals surface area contributed by atoms with Crippen LogP contribution in [0.3, 0.4) is 0 Å². The molecule has 2 heterocycles. The molecule has 0 radical (unpaired) electrons. The van der Waals surface area contributed by atoms with Crippen LogP contribution in [0, 0.1) is 11.8 Å². The number of dihydropyridines is 1. The maximum atomic E-state index is 12.8. The fourth-order valence-corrected chi connectivity index (χ4v) is 3.77. The van der Waals surface area contributed by atoms with Crippen molar-refractivity contribution in [2.24, 2.45) is 16.8 Å². The Balaban J connectivity index is 1.51. The molecule has 1 amide bonds. The van der Waals surface area contributed by atoms with Crippen molar-refractivity contribution in [1.29, 1.82) is 0 Å². The molecular formula is C23H30N2O3. The Labute approximate surface area is 167 Å². The normalized spacial score (nSPS) is 21.7. The van der Waals surface area contributed by atoms with Crippen molar-refractivity contribution in [3.63, 3.8) is 0 Å². The van der Waals surface area contributed by atoms with Gasteiger partial charge in [-0.2, -0.15) is 0 Å². The second-order valence-electron chi connectivity index (χ2n) is 8.00. The molecule has 28 heavy (non-hydrogen) atoms. The smallest absolute Gasteiger partial charge is 0.410 e.